The Labute approximate surface area is 85.1 Å². The zero-order chi connectivity index (χ0) is 11.2. The molecule has 5 nitrogen and oxygen atoms in total. The van der Waals surface area contributed by atoms with E-state index in [0.29, 0.717) is 12.3 Å². The third-order valence-corrected chi connectivity index (χ3v) is 2.71. The van der Waals surface area contributed by atoms with E-state index in [1.807, 2.05) is 13.8 Å². The molecule has 14 heavy (non-hydrogen) atoms. The van der Waals surface area contributed by atoms with Gasteiger partial charge in [0.1, 0.15) is 0 Å². The van der Waals surface area contributed by atoms with Crippen molar-refractivity contribution in [2.24, 2.45) is 11.1 Å². The van der Waals surface area contributed by atoms with Crippen molar-refractivity contribution in [2.75, 3.05) is 12.3 Å². The van der Waals surface area contributed by atoms with Crippen LogP contribution < -0.4 is 10.5 Å². The molecule has 0 fully saturated rings. The lowest BCUT2D eigenvalue weighted by atomic mass is 10.1. The number of hydrogen-bond acceptors (Lipinski definition) is 3. The first-order chi connectivity index (χ1) is 6.35. The second kappa shape index (κ2) is 5.98. The van der Waals surface area contributed by atoms with Gasteiger partial charge in [-0.15, -0.1) is 0 Å². The normalized spacial score (nSPS) is 13.6. The molecule has 0 saturated heterocycles. The SMILES string of the molecule is CCC(C)CC(=O)NCCS(N)(=O)=O. The van der Waals surface area contributed by atoms with Crippen LogP contribution in [0.15, 0.2) is 0 Å². The Balaban J connectivity index is 3.65. The predicted octanol–water partition coefficient (Wildman–Crippen LogP) is -0.173. The van der Waals surface area contributed by atoms with Crippen molar-refractivity contribution >= 4 is 15.9 Å². The van der Waals surface area contributed by atoms with Crippen LogP contribution in [-0.2, 0) is 14.8 Å². The van der Waals surface area contributed by atoms with E-state index in [2.05, 4.69) is 5.32 Å². The van der Waals surface area contributed by atoms with Gasteiger partial charge in [-0.25, -0.2) is 13.6 Å². The number of carbonyl (C=O) groups is 1. The Kier molecular flexibility index (Phi) is 5.71. The van der Waals surface area contributed by atoms with Gasteiger partial charge in [-0.05, 0) is 5.92 Å². The molecule has 0 bridgehead atoms. The summed E-state index contributed by atoms with van der Waals surface area (Å²) in [4.78, 5) is 11.2. The van der Waals surface area contributed by atoms with Crippen LogP contribution in [0.1, 0.15) is 26.7 Å². The lowest BCUT2D eigenvalue weighted by molar-refractivity contribution is -0.121. The Morgan fingerprint density at radius 2 is 2.07 bits per heavy atom. The molecule has 0 rings (SSSR count). The van der Waals surface area contributed by atoms with Gasteiger partial charge in [0.25, 0.3) is 0 Å². The molecule has 0 aliphatic rings. The summed E-state index contributed by atoms with van der Waals surface area (Å²) in [6, 6.07) is 0. The zero-order valence-electron chi connectivity index (χ0n) is 8.62. The van der Waals surface area contributed by atoms with Gasteiger partial charge in [0.15, 0.2) is 0 Å². The van der Waals surface area contributed by atoms with Crippen molar-refractivity contribution < 1.29 is 13.2 Å². The summed E-state index contributed by atoms with van der Waals surface area (Å²) < 4.78 is 21.0. The van der Waals surface area contributed by atoms with Gasteiger partial charge >= 0.3 is 0 Å². The lowest BCUT2D eigenvalue weighted by Crippen LogP contribution is -2.32. The highest BCUT2D eigenvalue weighted by molar-refractivity contribution is 7.89. The standard InChI is InChI=1S/C8H18N2O3S/c1-3-7(2)6-8(11)10-4-5-14(9,12)13/h7H,3-6H2,1-2H3,(H,10,11)(H2,9,12,13). The van der Waals surface area contributed by atoms with E-state index >= 15 is 0 Å². The number of primary sulfonamides is 1. The van der Waals surface area contributed by atoms with Crippen molar-refractivity contribution in [2.45, 2.75) is 26.7 Å². The summed E-state index contributed by atoms with van der Waals surface area (Å²) >= 11 is 0. The highest BCUT2D eigenvalue weighted by atomic mass is 32.2. The van der Waals surface area contributed by atoms with Crippen LogP contribution in [0.25, 0.3) is 0 Å². The van der Waals surface area contributed by atoms with E-state index in [4.69, 9.17) is 5.14 Å². The smallest absolute Gasteiger partial charge is 0.220 e. The molecular formula is C8H18N2O3S. The third-order valence-electron chi connectivity index (χ3n) is 1.94. The molecule has 1 amide bonds. The van der Waals surface area contributed by atoms with Crippen molar-refractivity contribution in [3.8, 4) is 0 Å². The molecule has 0 heterocycles. The van der Waals surface area contributed by atoms with Crippen LogP contribution >= 0.6 is 0 Å². The summed E-state index contributed by atoms with van der Waals surface area (Å²) in [6.07, 6.45) is 1.36. The molecule has 1 unspecified atom stereocenters. The van der Waals surface area contributed by atoms with Gasteiger partial charge < -0.3 is 5.32 Å². The van der Waals surface area contributed by atoms with Gasteiger partial charge in [0, 0.05) is 13.0 Å². The van der Waals surface area contributed by atoms with Gasteiger partial charge in [-0.2, -0.15) is 0 Å². The first kappa shape index (κ1) is 13.4. The van der Waals surface area contributed by atoms with Gasteiger partial charge in [-0.3, -0.25) is 4.79 Å². The van der Waals surface area contributed by atoms with Crippen LogP contribution in [0.5, 0.6) is 0 Å². The summed E-state index contributed by atoms with van der Waals surface area (Å²) in [6.45, 7) is 4.07. The lowest BCUT2D eigenvalue weighted by Gasteiger charge is -2.08. The molecule has 0 aliphatic heterocycles. The molecule has 0 aliphatic carbocycles. The van der Waals surface area contributed by atoms with Crippen molar-refractivity contribution in [1.82, 2.24) is 5.32 Å². The maximum absolute atomic E-state index is 11.2. The van der Waals surface area contributed by atoms with E-state index in [0.717, 1.165) is 6.42 Å². The number of hydrogen-bond donors (Lipinski definition) is 2. The van der Waals surface area contributed by atoms with Gasteiger partial charge in [-0.1, -0.05) is 20.3 Å². The zero-order valence-corrected chi connectivity index (χ0v) is 9.43. The molecular weight excluding hydrogens is 204 g/mol. The molecule has 6 heteroatoms. The molecule has 0 aromatic rings. The number of carbonyl (C=O) groups excluding carboxylic acids is 1. The number of amides is 1. The molecule has 0 spiro atoms. The Morgan fingerprint density at radius 1 is 1.50 bits per heavy atom. The van der Waals surface area contributed by atoms with Crippen LogP contribution in [0, 0.1) is 5.92 Å². The predicted molar refractivity (Wildman–Crippen MR) is 55.1 cm³/mol. The Hall–Kier alpha value is -0.620. The summed E-state index contributed by atoms with van der Waals surface area (Å²) in [5, 5.41) is 7.28. The quantitative estimate of drug-likeness (QED) is 0.653. The largest absolute Gasteiger partial charge is 0.355 e. The van der Waals surface area contributed by atoms with Crippen LogP contribution in [-0.4, -0.2) is 26.6 Å². The minimum absolute atomic E-state index is 0.0914. The third kappa shape index (κ3) is 8.00. The Bertz CT molecular complexity index is 274. The number of sulfonamides is 1. The summed E-state index contributed by atoms with van der Waals surface area (Å²) in [5.41, 5.74) is 0. The van der Waals surface area contributed by atoms with E-state index in [1.54, 1.807) is 0 Å². The van der Waals surface area contributed by atoms with Crippen LogP contribution in [0.3, 0.4) is 0 Å². The second-order valence-corrected chi connectivity index (χ2v) is 5.17. The van der Waals surface area contributed by atoms with Crippen molar-refractivity contribution in [3.63, 3.8) is 0 Å². The van der Waals surface area contributed by atoms with Crippen molar-refractivity contribution in [1.29, 1.82) is 0 Å². The molecule has 0 saturated carbocycles. The maximum atomic E-state index is 11.2. The first-order valence-electron chi connectivity index (χ1n) is 4.62. The van der Waals surface area contributed by atoms with Crippen LogP contribution in [0.2, 0.25) is 0 Å². The first-order valence-corrected chi connectivity index (χ1v) is 6.34. The van der Waals surface area contributed by atoms with Crippen LogP contribution in [0.4, 0.5) is 0 Å². The van der Waals surface area contributed by atoms with Crippen molar-refractivity contribution in [3.05, 3.63) is 0 Å². The average Bonchev–Trinajstić information content (AvgIpc) is 2.01. The molecule has 1 atom stereocenters. The highest BCUT2D eigenvalue weighted by Crippen LogP contribution is 2.05. The summed E-state index contributed by atoms with van der Waals surface area (Å²) in [5.74, 6) is -0.00771. The molecule has 0 aromatic heterocycles. The van der Waals surface area contributed by atoms with E-state index in [-0.39, 0.29) is 18.2 Å². The minimum Gasteiger partial charge on any atom is -0.355 e. The highest BCUT2D eigenvalue weighted by Gasteiger charge is 2.08. The Morgan fingerprint density at radius 3 is 2.50 bits per heavy atom. The fourth-order valence-corrected chi connectivity index (χ4v) is 1.25. The second-order valence-electron chi connectivity index (χ2n) is 3.43. The molecule has 3 N–H and O–H groups in total. The molecule has 0 aromatic carbocycles. The van der Waals surface area contributed by atoms with E-state index < -0.39 is 10.0 Å². The van der Waals surface area contributed by atoms with Gasteiger partial charge in [0.2, 0.25) is 15.9 Å². The van der Waals surface area contributed by atoms with E-state index in [9.17, 15) is 13.2 Å². The number of rotatable bonds is 6. The topological polar surface area (TPSA) is 89.3 Å². The van der Waals surface area contributed by atoms with Gasteiger partial charge in [0.05, 0.1) is 5.75 Å². The van der Waals surface area contributed by atoms with E-state index in [1.165, 1.54) is 0 Å². The average molecular weight is 222 g/mol. The summed E-state index contributed by atoms with van der Waals surface area (Å²) in [7, 11) is -3.47. The number of nitrogens with one attached hydrogen (secondary N) is 1. The maximum Gasteiger partial charge on any atom is 0.220 e. The fourth-order valence-electron chi connectivity index (χ4n) is 0.866. The number of nitrogens with two attached hydrogens (primary N) is 1. The fraction of sp³-hybridized carbons (Fsp3) is 0.875. The minimum atomic E-state index is -3.47. The molecule has 0 radical (unpaired) electrons. The monoisotopic (exact) mass is 222 g/mol. The molecule has 84 valence electrons.